The molecule has 0 atom stereocenters. The monoisotopic (exact) mass is 702 g/mol. The van der Waals surface area contributed by atoms with Crippen LogP contribution in [0.5, 0.6) is 0 Å². The zero-order valence-corrected chi connectivity index (χ0v) is 30.6. The molecule has 1 heterocycles. The first-order valence-electron chi connectivity index (χ1n) is 18.9. The van der Waals surface area contributed by atoms with Crippen LogP contribution in [0.3, 0.4) is 0 Å². The van der Waals surface area contributed by atoms with Crippen LogP contribution in [0.25, 0.3) is 71.6 Å². The third kappa shape index (κ3) is 5.85. The van der Waals surface area contributed by atoms with E-state index in [0.717, 1.165) is 17.1 Å². The second kappa shape index (κ2) is 13.7. The van der Waals surface area contributed by atoms with Gasteiger partial charge in [0.05, 0.1) is 11.0 Å². The van der Waals surface area contributed by atoms with Crippen LogP contribution in [0, 0.1) is 6.92 Å². The van der Waals surface area contributed by atoms with Gasteiger partial charge in [0.1, 0.15) is 0 Å². The maximum Gasteiger partial charge on any atom is 0.0553 e. The highest BCUT2D eigenvalue weighted by Crippen LogP contribution is 2.42. The molecule has 0 aliphatic carbocycles. The van der Waals surface area contributed by atoms with Crippen molar-refractivity contribution < 1.29 is 0 Å². The number of aryl methyl sites for hydroxylation is 1. The molecule has 2 nitrogen and oxygen atoms in total. The molecule has 0 saturated carbocycles. The lowest BCUT2D eigenvalue weighted by Crippen LogP contribution is -2.09. The minimum absolute atomic E-state index is 1.11. The molecule has 0 radical (unpaired) electrons. The molecular weight excluding hydrogens is 665 g/mol. The van der Waals surface area contributed by atoms with E-state index in [9.17, 15) is 0 Å². The Bertz CT molecular complexity index is 2920. The highest BCUT2D eigenvalue weighted by atomic mass is 15.1. The molecule has 0 fully saturated rings. The summed E-state index contributed by atoms with van der Waals surface area (Å²) in [6.45, 7) is 2.14. The van der Waals surface area contributed by atoms with Crippen LogP contribution < -0.4 is 4.90 Å². The quantitative estimate of drug-likeness (QED) is 0.160. The lowest BCUT2D eigenvalue weighted by Gasteiger charge is -2.26. The van der Waals surface area contributed by atoms with Crippen molar-refractivity contribution in [3.05, 3.63) is 218 Å². The Balaban J connectivity index is 1.02. The predicted octanol–water partition coefficient (Wildman–Crippen LogP) is 14.7. The molecule has 0 bridgehead atoms. The van der Waals surface area contributed by atoms with Gasteiger partial charge in [0.25, 0.3) is 0 Å². The number of aromatic nitrogens is 1. The van der Waals surface area contributed by atoms with E-state index in [1.807, 2.05) is 0 Å². The first kappa shape index (κ1) is 32.5. The molecule has 260 valence electrons. The minimum atomic E-state index is 1.11. The van der Waals surface area contributed by atoms with Crippen LogP contribution in [0.1, 0.15) is 5.56 Å². The van der Waals surface area contributed by atoms with Gasteiger partial charge in [-0.15, -0.1) is 0 Å². The molecule has 1 aromatic heterocycles. The second-order valence-corrected chi connectivity index (χ2v) is 14.3. The van der Waals surface area contributed by atoms with Gasteiger partial charge in [0.15, 0.2) is 0 Å². The van der Waals surface area contributed by atoms with Crippen molar-refractivity contribution >= 4 is 49.6 Å². The first-order valence-corrected chi connectivity index (χ1v) is 18.9. The molecule has 0 aliphatic rings. The highest BCUT2D eigenvalue weighted by Gasteiger charge is 2.18. The Morgan fingerprint density at radius 2 is 0.800 bits per heavy atom. The number of nitrogens with zero attached hydrogens (tertiary/aromatic N) is 2. The van der Waals surface area contributed by atoms with Crippen LogP contribution >= 0.6 is 0 Å². The van der Waals surface area contributed by atoms with Crippen LogP contribution in [0.2, 0.25) is 0 Å². The zero-order chi connectivity index (χ0) is 36.7. The summed E-state index contributed by atoms with van der Waals surface area (Å²) in [5, 5.41) is 5.10. The van der Waals surface area contributed by atoms with Gasteiger partial charge in [-0.2, -0.15) is 0 Å². The normalized spacial score (nSPS) is 11.4. The summed E-state index contributed by atoms with van der Waals surface area (Å²) in [5.74, 6) is 0. The predicted molar refractivity (Wildman–Crippen MR) is 234 cm³/mol. The van der Waals surface area contributed by atoms with E-state index >= 15 is 0 Å². The summed E-state index contributed by atoms with van der Waals surface area (Å²) in [5.41, 5.74) is 15.5. The van der Waals surface area contributed by atoms with E-state index in [-0.39, 0.29) is 0 Å². The number of fused-ring (bicyclic) bond motifs is 5. The van der Waals surface area contributed by atoms with Gasteiger partial charge in [-0.3, -0.25) is 0 Å². The van der Waals surface area contributed by atoms with Crippen LogP contribution in [0.15, 0.2) is 212 Å². The first-order chi connectivity index (χ1) is 27.2. The average Bonchev–Trinajstić information content (AvgIpc) is 3.59. The van der Waals surface area contributed by atoms with Crippen LogP contribution in [-0.4, -0.2) is 4.57 Å². The van der Waals surface area contributed by atoms with Gasteiger partial charge < -0.3 is 9.47 Å². The number of para-hydroxylation sites is 2. The molecular formula is C53H38N2. The largest absolute Gasteiger partial charge is 0.311 e. The third-order valence-corrected chi connectivity index (χ3v) is 10.9. The van der Waals surface area contributed by atoms with E-state index in [1.54, 1.807) is 0 Å². The molecule has 10 aromatic rings. The Labute approximate surface area is 321 Å². The van der Waals surface area contributed by atoms with Crippen molar-refractivity contribution in [3.63, 3.8) is 0 Å². The molecule has 9 aromatic carbocycles. The Hall–Kier alpha value is -7.16. The summed E-state index contributed by atoms with van der Waals surface area (Å²) in [6, 6.07) is 76.9. The van der Waals surface area contributed by atoms with Crippen molar-refractivity contribution in [2.45, 2.75) is 6.92 Å². The van der Waals surface area contributed by atoms with E-state index in [2.05, 4.69) is 229 Å². The minimum Gasteiger partial charge on any atom is -0.311 e. The number of anilines is 3. The number of rotatable bonds is 7. The Kier molecular flexibility index (Phi) is 8.08. The average molecular weight is 703 g/mol. The van der Waals surface area contributed by atoms with E-state index in [1.165, 1.54) is 77.2 Å². The SMILES string of the molecule is Cc1ccc(-n2c3ccccc3c3c4ccccc4c(-c4ccc(-c5ccc(N(c6ccccc6)c6ccc(-c7ccccc7)cc6)cc5)cc4)cc32)cc1. The van der Waals surface area contributed by atoms with Crippen LogP contribution in [0.4, 0.5) is 17.1 Å². The molecule has 2 heteroatoms. The molecule has 0 unspecified atom stereocenters. The van der Waals surface area contributed by atoms with Gasteiger partial charge in [0.2, 0.25) is 0 Å². The molecule has 0 spiro atoms. The Morgan fingerprint density at radius 1 is 0.345 bits per heavy atom. The lowest BCUT2D eigenvalue weighted by molar-refractivity contribution is 1.18. The smallest absolute Gasteiger partial charge is 0.0553 e. The summed E-state index contributed by atoms with van der Waals surface area (Å²) in [7, 11) is 0. The lowest BCUT2D eigenvalue weighted by atomic mass is 9.93. The second-order valence-electron chi connectivity index (χ2n) is 14.3. The molecule has 10 rings (SSSR count). The number of benzene rings is 9. The van der Waals surface area contributed by atoms with E-state index in [0.29, 0.717) is 0 Å². The number of hydrogen-bond donors (Lipinski definition) is 0. The van der Waals surface area contributed by atoms with Crippen LogP contribution in [-0.2, 0) is 0 Å². The maximum atomic E-state index is 2.42. The fourth-order valence-corrected chi connectivity index (χ4v) is 8.14. The molecule has 0 N–H and O–H groups in total. The van der Waals surface area contributed by atoms with Gasteiger partial charge in [-0.25, -0.2) is 0 Å². The van der Waals surface area contributed by atoms with Crippen molar-refractivity contribution in [3.8, 4) is 39.1 Å². The maximum absolute atomic E-state index is 2.42. The topological polar surface area (TPSA) is 8.17 Å². The molecule has 0 amide bonds. The van der Waals surface area contributed by atoms with Crippen molar-refractivity contribution in [1.82, 2.24) is 4.57 Å². The molecule has 0 saturated heterocycles. The van der Waals surface area contributed by atoms with Gasteiger partial charge in [-0.05, 0) is 112 Å². The van der Waals surface area contributed by atoms with Gasteiger partial charge in [-0.1, -0.05) is 157 Å². The van der Waals surface area contributed by atoms with Crippen molar-refractivity contribution in [2.24, 2.45) is 0 Å². The standard InChI is InChI=1S/C53H38N2/c1-37-20-30-46(31-21-37)55-51-19-11-10-18-49(51)53-48-17-9-8-16-47(48)50(36-52(53)55)42-24-22-39(23-25-42)41-28-34-45(35-29-41)54(43-14-6-3-7-15-43)44-32-26-40(27-33-44)38-12-4-2-5-13-38/h2-36H,1H3. The summed E-state index contributed by atoms with van der Waals surface area (Å²) in [4.78, 5) is 2.32. The summed E-state index contributed by atoms with van der Waals surface area (Å²) >= 11 is 0. The molecule has 55 heavy (non-hydrogen) atoms. The summed E-state index contributed by atoms with van der Waals surface area (Å²) < 4.78 is 2.42. The summed E-state index contributed by atoms with van der Waals surface area (Å²) in [6.07, 6.45) is 0. The fourth-order valence-electron chi connectivity index (χ4n) is 8.14. The molecule has 0 aliphatic heterocycles. The zero-order valence-electron chi connectivity index (χ0n) is 30.6. The van der Waals surface area contributed by atoms with Gasteiger partial charge >= 0.3 is 0 Å². The third-order valence-electron chi connectivity index (χ3n) is 10.9. The van der Waals surface area contributed by atoms with Crippen molar-refractivity contribution in [1.29, 1.82) is 0 Å². The van der Waals surface area contributed by atoms with E-state index < -0.39 is 0 Å². The number of hydrogen-bond acceptors (Lipinski definition) is 1. The fraction of sp³-hybridized carbons (Fsp3) is 0.0189. The highest BCUT2D eigenvalue weighted by molar-refractivity contribution is 6.24. The van der Waals surface area contributed by atoms with Gasteiger partial charge in [0, 0.05) is 33.5 Å². The van der Waals surface area contributed by atoms with Crippen molar-refractivity contribution in [2.75, 3.05) is 4.90 Å². The Morgan fingerprint density at radius 3 is 1.42 bits per heavy atom. The van der Waals surface area contributed by atoms with E-state index in [4.69, 9.17) is 0 Å².